The van der Waals surface area contributed by atoms with Gasteiger partial charge in [0.1, 0.15) is 0 Å². The molecule has 0 aliphatic carbocycles. The summed E-state index contributed by atoms with van der Waals surface area (Å²) in [5.41, 5.74) is -0.235. The number of rotatable bonds is 12. The van der Waals surface area contributed by atoms with Crippen LogP contribution in [-0.4, -0.2) is 46.4 Å². The quantitative estimate of drug-likeness (QED) is 0.326. The van der Waals surface area contributed by atoms with Crippen LogP contribution in [0, 0.1) is 11.3 Å². The Morgan fingerprint density at radius 2 is 1.85 bits per heavy atom. The Kier molecular flexibility index (Phi) is 9.78. The van der Waals surface area contributed by atoms with Crippen molar-refractivity contribution in [2.24, 2.45) is 0 Å². The minimum absolute atomic E-state index is 0.189. The van der Waals surface area contributed by atoms with Crippen LogP contribution in [0.15, 0.2) is 24.3 Å². The summed E-state index contributed by atoms with van der Waals surface area (Å²) in [6.45, 7) is 0. The van der Waals surface area contributed by atoms with Crippen LogP contribution in [0.3, 0.4) is 0 Å². The number of ether oxygens (including phenoxy) is 1. The Morgan fingerprint density at radius 3 is 2.42 bits per heavy atom. The fourth-order valence-electron chi connectivity index (χ4n) is 2.38. The van der Waals surface area contributed by atoms with Crippen molar-refractivity contribution in [3.63, 3.8) is 0 Å². The topological polar surface area (TPSA) is 108 Å². The zero-order valence-electron chi connectivity index (χ0n) is 14.9. The van der Waals surface area contributed by atoms with Gasteiger partial charge >= 0.3 is 11.9 Å². The van der Waals surface area contributed by atoms with E-state index in [1.54, 1.807) is 18.2 Å². The molecule has 0 aliphatic rings. The summed E-state index contributed by atoms with van der Waals surface area (Å²) in [7, 11) is 1.23. The minimum Gasteiger partial charge on any atom is -0.478 e. The van der Waals surface area contributed by atoms with Gasteiger partial charge in [-0.2, -0.15) is 17.0 Å². The summed E-state index contributed by atoms with van der Waals surface area (Å²) in [4.78, 5) is 22.0. The van der Waals surface area contributed by atoms with Crippen LogP contribution in [0.2, 0.25) is 0 Å². The molecule has 1 aromatic carbocycles. The van der Waals surface area contributed by atoms with Crippen LogP contribution in [0.25, 0.3) is 0 Å². The second-order valence-corrected chi connectivity index (χ2v) is 7.22. The molecule has 0 radical (unpaired) electrons. The molecule has 1 atom stereocenters. The van der Waals surface area contributed by atoms with Gasteiger partial charge in [0.25, 0.3) is 0 Å². The molecule has 0 saturated carbocycles. The molecule has 1 aromatic rings. The molecule has 26 heavy (non-hydrogen) atoms. The summed E-state index contributed by atoms with van der Waals surface area (Å²) in [5.74, 6) is -0.498. The number of esters is 1. The number of nitriles is 1. The van der Waals surface area contributed by atoms with Gasteiger partial charge in [-0.1, -0.05) is 25.0 Å². The molecule has 6 nitrogen and oxygen atoms in total. The molecule has 0 spiro atoms. The van der Waals surface area contributed by atoms with Crippen molar-refractivity contribution in [2.75, 3.05) is 18.6 Å². The highest BCUT2D eigenvalue weighted by Crippen LogP contribution is 2.19. The first-order chi connectivity index (χ1) is 12.4. The van der Waals surface area contributed by atoms with Crippen LogP contribution >= 0.6 is 11.8 Å². The fourth-order valence-corrected chi connectivity index (χ4v) is 3.43. The third-order valence-electron chi connectivity index (χ3n) is 3.92. The highest BCUT2D eigenvalue weighted by molar-refractivity contribution is 7.99. The minimum atomic E-state index is -1.67. The van der Waals surface area contributed by atoms with Crippen molar-refractivity contribution >= 4 is 23.7 Å². The van der Waals surface area contributed by atoms with Crippen LogP contribution < -0.4 is 0 Å². The number of nitrogens with zero attached hydrogens (tertiary/aromatic N) is 1. The van der Waals surface area contributed by atoms with E-state index in [1.807, 2.05) is 12.1 Å². The van der Waals surface area contributed by atoms with E-state index in [4.69, 9.17) is 10.4 Å². The lowest BCUT2D eigenvalue weighted by Crippen LogP contribution is -2.33. The normalized spacial score (nSPS) is 12.8. The Balaban J connectivity index is 2.13. The third-order valence-corrected chi connectivity index (χ3v) is 5.18. The van der Waals surface area contributed by atoms with E-state index >= 15 is 0 Å². The lowest BCUT2D eigenvalue weighted by molar-refractivity contribution is -0.143. The molecule has 0 aromatic heterocycles. The molecule has 142 valence electrons. The van der Waals surface area contributed by atoms with Gasteiger partial charge in [-0.25, -0.2) is 4.79 Å². The maximum Gasteiger partial charge on any atom is 0.335 e. The number of aryl methyl sites for hydroxylation is 1. The molecular weight excluding hydrogens is 354 g/mol. The van der Waals surface area contributed by atoms with Gasteiger partial charge in [0.15, 0.2) is 5.60 Å². The second kappa shape index (κ2) is 11.6. The van der Waals surface area contributed by atoms with E-state index in [0.29, 0.717) is 5.56 Å². The van der Waals surface area contributed by atoms with Gasteiger partial charge in [0, 0.05) is 5.75 Å². The van der Waals surface area contributed by atoms with Gasteiger partial charge in [0.2, 0.25) is 0 Å². The van der Waals surface area contributed by atoms with Crippen molar-refractivity contribution in [3.05, 3.63) is 35.4 Å². The van der Waals surface area contributed by atoms with Crippen LogP contribution in [0.5, 0.6) is 0 Å². The molecule has 0 bridgehead atoms. The van der Waals surface area contributed by atoms with Gasteiger partial charge in [-0.15, -0.1) is 0 Å². The van der Waals surface area contributed by atoms with Crippen molar-refractivity contribution < 1.29 is 24.5 Å². The number of methoxy groups -OCH3 is 1. The van der Waals surface area contributed by atoms with Crippen molar-refractivity contribution in [1.29, 1.82) is 5.26 Å². The van der Waals surface area contributed by atoms with E-state index in [2.05, 4.69) is 4.74 Å². The highest BCUT2D eigenvalue weighted by Gasteiger charge is 2.30. The number of benzene rings is 1. The average Bonchev–Trinajstić information content (AvgIpc) is 2.64. The zero-order chi connectivity index (χ0) is 19.4. The maximum absolute atomic E-state index is 11.2. The number of aliphatic hydroxyl groups is 1. The smallest absolute Gasteiger partial charge is 0.335 e. The first-order valence-corrected chi connectivity index (χ1v) is 9.66. The molecule has 0 amide bonds. The SMILES string of the molecule is COC(=O)CC(O)(C#N)CSCCCCCCc1ccc(C(=O)O)cc1. The van der Waals surface area contributed by atoms with Gasteiger partial charge in [-0.3, -0.25) is 4.79 Å². The number of carbonyl (C=O) groups excluding carboxylic acids is 1. The number of hydrogen-bond acceptors (Lipinski definition) is 6. The fraction of sp³-hybridized carbons (Fsp3) is 0.526. The number of unbranched alkanes of at least 4 members (excludes halogenated alkanes) is 3. The zero-order valence-corrected chi connectivity index (χ0v) is 15.8. The van der Waals surface area contributed by atoms with Crippen LogP contribution in [0.1, 0.15) is 48.0 Å². The predicted molar refractivity (Wildman–Crippen MR) is 100 cm³/mol. The van der Waals surface area contributed by atoms with E-state index in [0.717, 1.165) is 43.4 Å². The van der Waals surface area contributed by atoms with E-state index < -0.39 is 17.5 Å². The van der Waals surface area contributed by atoms with Crippen molar-refractivity contribution in [2.45, 2.75) is 44.1 Å². The average molecular weight is 379 g/mol. The molecule has 1 unspecified atom stereocenters. The monoisotopic (exact) mass is 379 g/mol. The Hall–Kier alpha value is -2.04. The first-order valence-electron chi connectivity index (χ1n) is 8.50. The molecule has 0 fully saturated rings. The standard InChI is InChI=1S/C19H25NO5S/c1-25-17(21)12-19(24,13-20)14-26-11-5-3-2-4-6-15-7-9-16(10-8-15)18(22)23/h7-10,24H,2-6,11-12,14H2,1H3,(H,22,23). The van der Waals surface area contributed by atoms with Crippen molar-refractivity contribution in [1.82, 2.24) is 0 Å². The summed E-state index contributed by atoms with van der Waals surface area (Å²) >= 11 is 1.46. The van der Waals surface area contributed by atoms with Crippen LogP contribution in [-0.2, 0) is 16.0 Å². The lowest BCUT2D eigenvalue weighted by Gasteiger charge is -2.18. The van der Waals surface area contributed by atoms with Crippen molar-refractivity contribution in [3.8, 4) is 6.07 Å². The Bertz CT molecular complexity index is 626. The molecule has 2 N–H and O–H groups in total. The molecule has 7 heteroatoms. The van der Waals surface area contributed by atoms with Gasteiger partial charge < -0.3 is 14.9 Å². The molecule has 0 heterocycles. The van der Waals surface area contributed by atoms with Crippen LogP contribution in [0.4, 0.5) is 0 Å². The highest BCUT2D eigenvalue weighted by atomic mass is 32.2. The first kappa shape index (κ1) is 22.0. The van der Waals surface area contributed by atoms with E-state index in [1.165, 1.54) is 18.9 Å². The number of aromatic carboxylic acids is 1. The summed E-state index contributed by atoms with van der Waals surface area (Å²) in [6, 6.07) is 8.73. The summed E-state index contributed by atoms with van der Waals surface area (Å²) < 4.78 is 4.49. The number of hydrogen-bond donors (Lipinski definition) is 2. The maximum atomic E-state index is 11.2. The number of thioether (sulfide) groups is 1. The lowest BCUT2D eigenvalue weighted by atomic mass is 10.0. The van der Waals surface area contributed by atoms with E-state index in [9.17, 15) is 14.7 Å². The molecule has 1 rings (SSSR count). The van der Waals surface area contributed by atoms with Gasteiger partial charge in [0.05, 0.1) is 25.2 Å². The Morgan fingerprint density at radius 1 is 1.19 bits per heavy atom. The third kappa shape index (κ3) is 8.37. The van der Waals surface area contributed by atoms with E-state index in [-0.39, 0.29) is 12.2 Å². The summed E-state index contributed by atoms with van der Waals surface area (Å²) in [5, 5.41) is 27.9. The Labute approximate surface area is 158 Å². The number of carbonyl (C=O) groups is 2. The number of carboxylic acid groups (broad SMARTS) is 1. The predicted octanol–water partition coefficient (Wildman–Crippen LogP) is 3.04. The second-order valence-electron chi connectivity index (χ2n) is 6.12. The molecule has 0 saturated heterocycles. The largest absolute Gasteiger partial charge is 0.478 e. The molecule has 0 aliphatic heterocycles. The summed E-state index contributed by atoms with van der Waals surface area (Å²) in [6.07, 6.45) is 4.71. The molecular formula is C19H25NO5S. The number of carboxylic acids is 1. The van der Waals surface area contributed by atoms with Gasteiger partial charge in [-0.05, 0) is 42.7 Å².